The molecule has 0 spiro atoms. The third-order valence-electron chi connectivity index (χ3n) is 3.00. The molecule has 0 heterocycles. The number of benzene rings is 1. The highest BCUT2D eigenvalue weighted by Gasteiger charge is 2.11. The lowest BCUT2D eigenvalue weighted by atomic mass is 10.0. The minimum absolute atomic E-state index is 0.384. The van der Waals surface area contributed by atoms with E-state index in [0.717, 1.165) is 17.9 Å². The zero-order valence-corrected chi connectivity index (χ0v) is 11.2. The molecule has 96 valence electrons. The van der Waals surface area contributed by atoms with Gasteiger partial charge in [-0.25, -0.2) is 0 Å². The SMILES string of the molecule is CCCCC(NC)c1ccc(OC)c(OC)c1. The summed E-state index contributed by atoms with van der Waals surface area (Å²) in [4.78, 5) is 0. The molecule has 0 bridgehead atoms. The van der Waals surface area contributed by atoms with Crippen molar-refractivity contribution in [2.75, 3.05) is 21.3 Å². The molecule has 0 fully saturated rings. The van der Waals surface area contributed by atoms with E-state index in [1.165, 1.54) is 18.4 Å². The Morgan fingerprint density at radius 3 is 2.41 bits per heavy atom. The van der Waals surface area contributed by atoms with Gasteiger partial charge in [-0.2, -0.15) is 0 Å². The Morgan fingerprint density at radius 1 is 1.18 bits per heavy atom. The molecule has 3 nitrogen and oxygen atoms in total. The number of methoxy groups -OCH3 is 2. The van der Waals surface area contributed by atoms with Gasteiger partial charge in [0.1, 0.15) is 0 Å². The number of hydrogen-bond acceptors (Lipinski definition) is 3. The predicted octanol–water partition coefficient (Wildman–Crippen LogP) is 3.15. The fourth-order valence-electron chi connectivity index (χ4n) is 1.96. The normalized spacial score (nSPS) is 12.2. The summed E-state index contributed by atoms with van der Waals surface area (Å²) >= 11 is 0. The van der Waals surface area contributed by atoms with Gasteiger partial charge in [-0.1, -0.05) is 25.8 Å². The zero-order valence-electron chi connectivity index (χ0n) is 11.2. The maximum absolute atomic E-state index is 5.32. The van der Waals surface area contributed by atoms with Crippen LogP contribution in [-0.4, -0.2) is 21.3 Å². The van der Waals surface area contributed by atoms with E-state index < -0.39 is 0 Å². The molecule has 0 saturated carbocycles. The van der Waals surface area contributed by atoms with E-state index in [1.807, 2.05) is 13.1 Å². The van der Waals surface area contributed by atoms with Crippen LogP contribution in [-0.2, 0) is 0 Å². The molecule has 3 heteroatoms. The fraction of sp³-hybridized carbons (Fsp3) is 0.571. The van der Waals surface area contributed by atoms with Gasteiger partial charge in [-0.3, -0.25) is 0 Å². The fourth-order valence-corrected chi connectivity index (χ4v) is 1.96. The number of unbranched alkanes of at least 4 members (excludes halogenated alkanes) is 1. The van der Waals surface area contributed by atoms with Crippen molar-refractivity contribution in [2.45, 2.75) is 32.2 Å². The van der Waals surface area contributed by atoms with Crippen LogP contribution in [0.5, 0.6) is 11.5 Å². The number of hydrogen-bond donors (Lipinski definition) is 1. The maximum atomic E-state index is 5.32. The van der Waals surface area contributed by atoms with Crippen LogP contribution >= 0.6 is 0 Å². The van der Waals surface area contributed by atoms with Crippen LogP contribution in [0, 0.1) is 0 Å². The molecule has 1 atom stereocenters. The van der Waals surface area contributed by atoms with Gasteiger partial charge in [0.2, 0.25) is 0 Å². The summed E-state index contributed by atoms with van der Waals surface area (Å²) in [6.07, 6.45) is 3.58. The van der Waals surface area contributed by atoms with E-state index >= 15 is 0 Å². The first-order valence-corrected chi connectivity index (χ1v) is 6.16. The van der Waals surface area contributed by atoms with Crippen molar-refractivity contribution in [3.8, 4) is 11.5 Å². The van der Waals surface area contributed by atoms with Crippen molar-refractivity contribution >= 4 is 0 Å². The van der Waals surface area contributed by atoms with E-state index in [0.29, 0.717) is 6.04 Å². The molecule has 1 N–H and O–H groups in total. The molecular formula is C14H23NO2. The van der Waals surface area contributed by atoms with E-state index in [2.05, 4.69) is 24.4 Å². The van der Waals surface area contributed by atoms with Gasteiger partial charge in [-0.05, 0) is 31.2 Å². The van der Waals surface area contributed by atoms with Crippen LogP contribution < -0.4 is 14.8 Å². The lowest BCUT2D eigenvalue weighted by Crippen LogP contribution is -2.16. The van der Waals surface area contributed by atoms with Gasteiger partial charge < -0.3 is 14.8 Å². The third-order valence-corrected chi connectivity index (χ3v) is 3.00. The Kier molecular flexibility index (Phi) is 5.84. The van der Waals surface area contributed by atoms with Crippen LogP contribution in [0.3, 0.4) is 0 Å². The highest BCUT2D eigenvalue weighted by atomic mass is 16.5. The minimum Gasteiger partial charge on any atom is -0.493 e. The number of ether oxygens (including phenoxy) is 2. The molecular weight excluding hydrogens is 214 g/mol. The molecule has 1 aromatic rings. The first-order chi connectivity index (χ1) is 8.26. The molecule has 0 aromatic heterocycles. The van der Waals surface area contributed by atoms with E-state index in [9.17, 15) is 0 Å². The van der Waals surface area contributed by atoms with Crippen LogP contribution in [0.25, 0.3) is 0 Å². The summed E-state index contributed by atoms with van der Waals surface area (Å²) in [7, 11) is 5.32. The first kappa shape index (κ1) is 13.8. The first-order valence-electron chi connectivity index (χ1n) is 6.16. The van der Waals surface area contributed by atoms with Gasteiger partial charge in [0, 0.05) is 6.04 Å². The topological polar surface area (TPSA) is 30.5 Å². The molecule has 0 radical (unpaired) electrons. The Morgan fingerprint density at radius 2 is 1.88 bits per heavy atom. The number of nitrogens with one attached hydrogen (secondary N) is 1. The highest BCUT2D eigenvalue weighted by Crippen LogP contribution is 2.31. The quantitative estimate of drug-likeness (QED) is 0.790. The van der Waals surface area contributed by atoms with Gasteiger partial charge >= 0.3 is 0 Å². The molecule has 0 aliphatic carbocycles. The number of rotatable bonds is 7. The van der Waals surface area contributed by atoms with E-state index in [-0.39, 0.29) is 0 Å². The monoisotopic (exact) mass is 237 g/mol. The molecule has 0 aliphatic rings. The third kappa shape index (κ3) is 3.63. The summed E-state index contributed by atoms with van der Waals surface area (Å²) < 4.78 is 10.6. The standard InChI is InChI=1S/C14H23NO2/c1-5-6-7-12(15-2)11-8-9-13(16-3)14(10-11)17-4/h8-10,12,15H,5-7H2,1-4H3. The van der Waals surface area contributed by atoms with E-state index in [4.69, 9.17) is 9.47 Å². The van der Waals surface area contributed by atoms with Crippen LogP contribution in [0.2, 0.25) is 0 Å². The Hall–Kier alpha value is -1.22. The van der Waals surface area contributed by atoms with Crippen LogP contribution in [0.15, 0.2) is 18.2 Å². The largest absolute Gasteiger partial charge is 0.493 e. The predicted molar refractivity (Wildman–Crippen MR) is 70.9 cm³/mol. The van der Waals surface area contributed by atoms with Crippen LogP contribution in [0.1, 0.15) is 37.8 Å². The van der Waals surface area contributed by atoms with Gasteiger partial charge in [-0.15, -0.1) is 0 Å². The van der Waals surface area contributed by atoms with Gasteiger partial charge in [0.25, 0.3) is 0 Å². The Labute approximate surface area is 104 Å². The second-order valence-corrected chi connectivity index (χ2v) is 4.10. The maximum Gasteiger partial charge on any atom is 0.161 e. The average Bonchev–Trinajstić information content (AvgIpc) is 2.39. The second-order valence-electron chi connectivity index (χ2n) is 4.10. The van der Waals surface area contributed by atoms with Crippen molar-refractivity contribution in [3.05, 3.63) is 23.8 Å². The summed E-state index contributed by atoms with van der Waals surface area (Å²) in [6, 6.07) is 6.49. The smallest absolute Gasteiger partial charge is 0.161 e. The van der Waals surface area contributed by atoms with Crippen molar-refractivity contribution in [3.63, 3.8) is 0 Å². The lowest BCUT2D eigenvalue weighted by Gasteiger charge is -2.18. The van der Waals surface area contributed by atoms with Crippen molar-refractivity contribution < 1.29 is 9.47 Å². The minimum atomic E-state index is 0.384. The molecule has 0 amide bonds. The van der Waals surface area contributed by atoms with Crippen molar-refractivity contribution in [2.24, 2.45) is 0 Å². The molecule has 17 heavy (non-hydrogen) atoms. The van der Waals surface area contributed by atoms with Crippen molar-refractivity contribution in [1.29, 1.82) is 0 Å². The molecule has 0 saturated heterocycles. The molecule has 1 unspecified atom stereocenters. The second kappa shape index (κ2) is 7.17. The lowest BCUT2D eigenvalue weighted by molar-refractivity contribution is 0.353. The van der Waals surface area contributed by atoms with Crippen LogP contribution in [0.4, 0.5) is 0 Å². The molecule has 1 rings (SSSR count). The van der Waals surface area contributed by atoms with Gasteiger partial charge in [0.05, 0.1) is 14.2 Å². The summed E-state index contributed by atoms with van der Waals surface area (Å²) in [5, 5.41) is 3.35. The zero-order chi connectivity index (χ0) is 12.7. The van der Waals surface area contributed by atoms with Gasteiger partial charge in [0.15, 0.2) is 11.5 Å². The van der Waals surface area contributed by atoms with E-state index in [1.54, 1.807) is 14.2 Å². The Bertz CT molecular complexity index is 339. The molecule has 1 aromatic carbocycles. The summed E-state index contributed by atoms with van der Waals surface area (Å²) in [5.41, 5.74) is 1.25. The molecule has 0 aliphatic heterocycles. The highest BCUT2D eigenvalue weighted by molar-refractivity contribution is 5.43. The summed E-state index contributed by atoms with van der Waals surface area (Å²) in [5.74, 6) is 1.57. The van der Waals surface area contributed by atoms with Crippen molar-refractivity contribution in [1.82, 2.24) is 5.32 Å². The average molecular weight is 237 g/mol. The summed E-state index contributed by atoms with van der Waals surface area (Å²) in [6.45, 7) is 2.21. The Balaban J connectivity index is 2.88.